The third-order valence-corrected chi connectivity index (χ3v) is 6.80. The first-order chi connectivity index (χ1) is 9.65. The molecule has 0 aromatic carbocycles. The number of rotatable bonds is 3. The Hall–Kier alpha value is 0.100. The number of piperidine rings is 1. The van der Waals surface area contributed by atoms with E-state index in [0.29, 0.717) is 6.04 Å². The first-order valence-electron chi connectivity index (χ1n) is 7.85. The second-order valence-corrected chi connectivity index (χ2v) is 8.43. The normalized spacial score (nSPS) is 28.8. The van der Waals surface area contributed by atoms with Crippen LogP contribution in [0.25, 0.3) is 0 Å². The van der Waals surface area contributed by atoms with Crippen molar-refractivity contribution in [1.29, 1.82) is 0 Å². The molecule has 0 amide bonds. The molecule has 0 N–H and O–H groups in total. The van der Waals surface area contributed by atoms with Crippen molar-refractivity contribution in [3.63, 3.8) is 0 Å². The molecule has 2 atom stereocenters. The average molecular weight is 357 g/mol. The van der Waals surface area contributed by atoms with Gasteiger partial charge < -0.3 is 0 Å². The van der Waals surface area contributed by atoms with Crippen molar-refractivity contribution in [1.82, 2.24) is 9.80 Å². The zero-order valence-corrected chi connectivity index (χ0v) is 14.9. The van der Waals surface area contributed by atoms with Crippen LogP contribution < -0.4 is 0 Å². The highest BCUT2D eigenvalue weighted by Gasteiger charge is 2.36. The van der Waals surface area contributed by atoms with Gasteiger partial charge in [-0.3, -0.25) is 9.80 Å². The maximum atomic E-state index is 3.69. The zero-order valence-electron chi connectivity index (χ0n) is 12.5. The second-order valence-electron chi connectivity index (χ2n) is 6.58. The van der Waals surface area contributed by atoms with E-state index in [-0.39, 0.29) is 0 Å². The molecule has 2 nitrogen and oxygen atoms in total. The summed E-state index contributed by atoms with van der Waals surface area (Å²) < 4.78 is 1.29. The summed E-state index contributed by atoms with van der Waals surface area (Å²) in [7, 11) is 0. The monoisotopic (exact) mass is 356 g/mol. The third kappa shape index (κ3) is 3.13. The quantitative estimate of drug-likeness (QED) is 0.800. The SMILES string of the molecule is CC(C)C1CN2CCCCC2CN1Cc1sccc1Br. The predicted molar refractivity (Wildman–Crippen MR) is 90.3 cm³/mol. The Labute approximate surface area is 135 Å². The molecule has 0 spiro atoms. The van der Waals surface area contributed by atoms with E-state index in [0.717, 1.165) is 18.5 Å². The Morgan fingerprint density at radius 1 is 1.35 bits per heavy atom. The van der Waals surface area contributed by atoms with E-state index < -0.39 is 0 Å². The summed E-state index contributed by atoms with van der Waals surface area (Å²) in [6, 6.07) is 3.69. The summed E-state index contributed by atoms with van der Waals surface area (Å²) >= 11 is 5.58. The number of thiophene rings is 1. The van der Waals surface area contributed by atoms with Gasteiger partial charge in [0.15, 0.2) is 0 Å². The molecule has 0 saturated carbocycles. The Bertz CT molecular complexity index is 445. The number of hydrogen-bond acceptors (Lipinski definition) is 3. The van der Waals surface area contributed by atoms with Crippen molar-refractivity contribution in [3.8, 4) is 0 Å². The maximum absolute atomic E-state index is 3.69. The Balaban J connectivity index is 1.74. The van der Waals surface area contributed by atoms with Crippen LogP contribution in [0.1, 0.15) is 38.0 Å². The van der Waals surface area contributed by atoms with Crippen molar-refractivity contribution in [2.75, 3.05) is 19.6 Å². The van der Waals surface area contributed by atoms with E-state index in [9.17, 15) is 0 Å². The Morgan fingerprint density at radius 3 is 2.90 bits per heavy atom. The molecule has 3 heterocycles. The smallest absolute Gasteiger partial charge is 0.0343 e. The van der Waals surface area contributed by atoms with Crippen LogP contribution in [0.3, 0.4) is 0 Å². The topological polar surface area (TPSA) is 6.48 Å². The van der Waals surface area contributed by atoms with Crippen LogP contribution in [0, 0.1) is 5.92 Å². The van der Waals surface area contributed by atoms with Gasteiger partial charge in [0, 0.05) is 41.1 Å². The molecule has 20 heavy (non-hydrogen) atoms. The maximum Gasteiger partial charge on any atom is 0.0343 e. The van der Waals surface area contributed by atoms with E-state index in [1.807, 2.05) is 11.3 Å². The number of nitrogens with zero attached hydrogens (tertiary/aromatic N) is 2. The van der Waals surface area contributed by atoms with Gasteiger partial charge in [-0.1, -0.05) is 20.3 Å². The molecule has 0 radical (unpaired) electrons. The standard InChI is InChI=1S/C16H25BrN2S/c1-12(2)15-10-18-7-4-3-5-13(18)9-19(15)11-16-14(17)6-8-20-16/h6,8,12-13,15H,3-5,7,9-11H2,1-2H3. The number of halogens is 1. The van der Waals surface area contributed by atoms with Gasteiger partial charge in [-0.25, -0.2) is 0 Å². The second kappa shape index (κ2) is 6.47. The van der Waals surface area contributed by atoms with Gasteiger partial charge in [0.2, 0.25) is 0 Å². The highest BCUT2D eigenvalue weighted by atomic mass is 79.9. The van der Waals surface area contributed by atoms with Crippen molar-refractivity contribution >= 4 is 27.3 Å². The number of hydrogen-bond donors (Lipinski definition) is 0. The largest absolute Gasteiger partial charge is 0.298 e. The summed E-state index contributed by atoms with van der Waals surface area (Å²) in [5.74, 6) is 0.733. The molecular formula is C16H25BrN2S. The van der Waals surface area contributed by atoms with Gasteiger partial charge >= 0.3 is 0 Å². The minimum absolute atomic E-state index is 0.707. The molecule has 2 saturated heterocycles. The van der Waals surface area contributed by atoms with Crippen LogP contribution in [0.4, 0.5) is 0 Å². The van der Waals surface area contributed by atoms with Crippen LogP contribution in [0.15, 0.2) is 15.9 Å². The molecule has 0 bridgehead atoms. The molecule has 0 aliphatic carbocycles. The van der Waals surface area contributed by atoms with Crippen molar-refractivity contribution in [2.24, 2.45) is 5.92 Å². The lowest BCUT2D eigenvalue weighted by molar-refractivity contribution is -0.0114. The first-order valence-corrected chi connectivity index (χ1v) is 9.52. The minimum Gasteiger partial charge on any atom is -0.298 e. The van der Waals surface area contributed by atoms with E-state index in [1.165, 1.54) is 48.2 Å². The van der Waals surface area contributed by atoms with Crippen LogP contribution in [0.5, 0.6) is 0 Å². The summed E-state index contributed by atoms with van der Waals surface area (Å²) in [4.78, 5) is 6.99. The highest BCUT2D eigenvalue weighted by Crippen LogP contribution is 2.31. The molecule has 1 aromatic heterocycles. The van der Waals surface area contributed by atoms with Gasteiger partial charge in [0.05, 0.1) is 0 Å². The minimum atomic E-state index is 0.707. The van der Waals surface area contributed by atoms with Crippen molar-refractivity contribution in [2.45, 2.75) is 51.7 Å². The summed E-state index contributed by atoms with van der Waals surface area (Å²) in [6.45, 7) is 9.73. The fourth-order valence-electron chi connectivity index (χ4n) is 3.71. The summed E-state index contributed by atoms with van der Waals surface area (Å²) in [5, 5.41) is 2.20. The van der Waals surface area contributed by atoms with Gasteiger partial charge in [0.25, 0.3) is 0 Å². The fourth-order valence-corrected chi connectivity index (χ4v) is 5.21. The average Bonchev–Trinajstić information content (AvgIpc) is 2.83. The zero-order chi connectivity index (χ0) is 14.1. The predicted octanol–water partition coefficient (Wildman–Crippen LogP) is 4.21. The Kier molecular flexibility index (Phi) is 4.86. The lowest BCUT2D eigenvalue weighted by Gasteiger charge is -2.49. The molecular weight excluding hydrogens is 332 g/mol. The number of piperazine rings is 1. The lowest BCUT2D eigenvalue weighted by atomic mass is 9.92. The van der Waals surface area contributed by atoms with E-state index in [1.54, 1.807) is 0 Å². The Morgan fingerprint density at radius 2 is 2.20 bits per heavy atom. The van der Waals surface area contributed by atoms with Crippen LogP contribution in [-0.2, 0) is 6.54 Å². The van der Waals surface area contributed by atoms with Crippen molar-refractivity contribution in [3.05, 3.63) is 20.8 Å². The first kappa shape index (κ1) is 15.0. The number of fused-ring (bicyclic) bond motifs is 1. The molecule has 2 aliphatic heterocycles. The molecule has 4 heteroatoms. The highest BCUT2D eigenvalue weighted by molar-refractivity contribution is 9.10. The molecule has 2 unspecified atom stereocenters. The molecule has 1 aromatic rings. The fraction of sp³-hybridized carbons (Fsp3) is 0.750. The molecule has 2 aliphatic rings. The van der Waals surface area contributed by atoms with Crippen LogP contribution >= 0.6 is 27.3 Å². The van der Waals surface area contributed by atoms with Crippen LogP contribution in [0.2, 0.25) is 0 Å². The van der Waals surface area contributed by atoms with Gasteiger partial charge in [-0.2, -0.15) is 0 Å². The van der Waals surface area contributed by atoms with Crippen molar-refractivity contribution < 1.29 is 0 Å². The van der Waals surface area contributed by atoms with E-state index >= 15 is 0 Å². The van der Waals surface area contributed by atoms with Gasteiger partial charge in [0.1, 0.15) is 0 Å². The van der Waals surface area contributed by atoms with Gasteiger partial charge in [-0.15, -0.1) is 11.3 Å². The molecule has 112 valence electrons. The third-order valence-electron chi connectivity index (χ3n) is 4.89. The molecule has 3 rings (SSSR count). The molecule has 2 fully saturated rings. The summed E-state index contributed by atoms with van der Waals surface area (Å²) in [5.41, 5.74) is 0. The van der Waals surface area contributed by atoms with E-state index in [4.69, 9.17) is 0 Å². The van der Waals surface area contributed by atoms with E-state index in [2.05, 4.69) is 51.0 Å². The van der Waals surface area contributed by atoms with Crippen LogP contribution in [-0.4, -0.2) is 41.5 Å². The lowest BCUT2D eigenvalue weighted by Crippen LogP contribution is -2.60. The summed E-state index contributed by atoms with van der Waals surface area (Å²) in [6.07, 6.45) is 4.22. The van der Waals surface area contributed by atoms with Gasteiger partial charge in [-0.05, 0) is 52.7 Å².